The van der Waals surface area contributed by atoms with Gasteiger partial charge >= 0.3 is 5.97 Å². The third kappa shape index (κ3) is 1.61. The number of benzene rings is 1. The molecule has 0 spiro atoms. The molecule has 0 amide bonds. The summed E-state index contributed by atoms with van der Waals surface area (Å²) in [5, 5.41) is 9.43. The van der Waals surface area contributed by atoms with Gasteiger partial charge in [0.05, 0.1) is 0 Å². The molecule has 0 aliphatic heterocycles. The molecule has 0 unspecified atom stereocenters. The van der Waals surface area contributed by atoms with Crippen LogP contribution in [0, 0.1) is 0 Å². The van der Waals surface area contributed by atoms with Gasteiger partial charge in [-0.3, -0.25) is 4.79 Å². The van der Waals surface area contributed by atoms with E-state index in [2.05, 4.69) is 0 Å². The van der Waals surface area contributed by atoms with Crippen LogP contribution in [-0.2, 0) is 17.6 Å². The number of halogens is 1. The first-order valence-corrected chi connectivity index (χ1v) is 4.75. The number of rotatable bonds is 3. The van der Waals surface area contributed by atoms with Crippen LogP contribution >= 0.6 is 11.6 Å². The predicted molar refractivity (Wildman–Crippen MR) is 53.6 cm³/mol. The van der Waals surface area contributed by atoms with E-state index < -0.39 is 12.0 Å². The number of hydrogen-bond acceptors (Lipinski definition) is 2. The van der Waals surface area contributed by atoms with Crippen molar-refractivity contribution in [3.8, 4) is 0 Å². The van der Waals surface area contributed by atoms with Gasteiger partial charge < -0.3 is 10.8 Å². The lowest BCUT2D eigenvalue weighted by Crippen LogP contribution is -2.32. The van der Waals surface area contributed by atoms with Crippen molar-refractivity contribution >= 4 is 17.6 Å². The first-order valence-electron chi connectivity index (χ1n) is 4.37. The van der Waals surface area contributed by atoms with E-state index in [0.717, 1.165) is 22.6 Å². The summed E-state index contributed by atoms with van der Waals surface area (Å²) in [6.45, 7) is 0. The Balaban J connectivity index is 2.17. The number of hydrogen-bond donors (Lipinski definition) is 2. The maximum atomic E-state index is 10.5. The van der Waals surface area contributed by atoms with Crippen LogP contribution in [-0.4, -0.2) is 17.1 Å². The maximum Gasteiger partial charge on any atom is 0.320 e. The Kier molecular flexibility index (Phi) is 2.21. The van der Waals surface area contributed by atoms with Crippen LogP contribution in [0.25, 0.3) is 0 Å². The van der Waals surface area contributed by atoms with Crippen molar-refractivity contribution in [3.63, 3.8) is 0 Å². The molecule has 0 saturated heterocycles. The van der Waals surface area contributed by atoms with E-state index in [1.54, 1.807) is 6.07 Å². The Labute approximate surface area is 86.5 Å². The third-order valence-electron chi connectivity index (χ3n) is 2.46. The van der Waals surface area contributed by atoms with E-state index in [1.807, 2.05) is 6.07 Å². The van der Waals surface area contributed by atoms with Crippen molar-refractivity contribution < 1.29 is 9.90 Å². The molecule has 0 aromatic heterocycles. The van der Waals surface area contributed by atoms with Crippen LogP contribution < -0.4 is 5.73 Å². The van der Waals surface area contributed by atoms with Gasteiger partial charge in [-0.25, -0.2) is 0 Å². The quantitative estimate of drug-likeness (QED) is 0.802. The normalized spacial score (nSPS) is 14.7. The molecule has 14 heavy (non-hydrogen) atoms. The summed E-state index contributed by atoms with van der Waals surface area (Å²) in [5.74, 6) is -0.964. The summed E-state index contributed by atoms with van der Waals surface area (Å²) < 4.78 is 0. The van der Waals surface area contributed by atoms with E-state index in [0.29, 0.717) is 6.42 Å². The van der Waals surface area contributed by atoms with Gasteiger partial charge in [-0.2, -0.15) is 0 Å². The standard InChI is InChI=1S/C10H10ClNO2/c11-8-2-1-5(6-4-7(6)8)3-9(12)10(13)14/h1-2,9H,3-4,12H2,(H,13,14)/t9-/m0/s1. The average molecular weight is 212 g/mol. The number of aliphatic carboxylic acids is 1. The molecule has 4 heteroatoms. The van der Waals surface area contributed by atoms with E-state index in [9.17, 15) is 4.79 Å². The zero-order valence-corrected chi connectivity index (χ0v) is 8.21. The van der Waals surface area contributed by atoms with Gasteiger partial charge in [0, 0.05) is 5.02 Å². The minimum Gasteiger partial charge on any atom is -0.480 e. The Morgan fingerprint density at radius 3 is 2.93 bits per heavy atom. The van der Waals surface area contributed by atoms with Crippen molar-refractivity contribution in [1.82, 2.24) is 0 Å². The molecular formula is C10H10ClNO2. The lowest BCUT2D eigenvalue weighted by molar-refractivity contribution is -0.138. The first kappa shape index (κ1) is 9.49. The van der Waals surface area contributed by atoms with Gasteiger partial charge in [-0.15, -0.1) is 0 Å². The average Bonchev–Trinajstić information content (AvgIpc) is 2.89. The molecule has 0 saturated carbocycles. The van der Waals surface area contributed by atoms with Crippen molar-refractivity contribution in [2.75, 3.05) is 0 Å². The summed E-state index contributed by atoms with van der Waals surface area (Å²) in [6.07, 6.45) is 1.27. The van der Waals surface area contributed by atoms with Crippen LogP contribution in [0.4, 0.5) is 0 Å². The Hall–Kier alpha value is -1.06. The van der Waals surface area contributed by atoms with E-state index in [4.69, 9.17) is 22.4 Å². The van der Waals surface area contributed by atoms with Crippen LogP contribution in [0.15, 0.2) is 12.1 Å². The monoisotopic (exact) mass is 211 g/mol. The molecule has 0 radical (unpaired) electrons. The summed E-state index contributed by atoms with van der Waals surface area (Å²) in [5.41, 5.74) is 8.78. The SMILES string of the molecule is N[C@@H](Cc1ccc(Cl)c2c1C2)C(=O)O. The van der Waals surface area contributed by atoms with E-state index in [1.165, 1.54) is 5.56 Å². The van der Waals surface area contributed by atoms with Crippen molar-refractivity contribution in [3.05, 3.63) is 33.8 Å². The van der Waals surface area contributed by atoms with Crippen molar-refractivity contribution in [2.24, 2.45) is 5.73 Å². The molecule has 1 aromatic carbocycles. The fraction of sp³-hybridized carbons (Fsp3) is 0.300. The topological polar surface area (TPSA) is 63.3 Å². The Morgan fingerprint density at radius 2 is 2.29 bits per heavy atom. The predicted octanol–water partition coefficient (Wildman–Crippen LogP) is 1.20. The molecule has 74 valence electrons. The highest BCUT2D eigenvalue weighted by Gasteiger charge is 2.25. The molecule has 3 nitrogen and oxygen atoms in total. The van der Waals surface area contributed by atoms with Crippen LogP contribution in [0.1, 0.15) is 16.7 Å². The second-order valence-electron chi connectivity index (χ2n) is 3.49. The molecule has 0 heterocycles. The van der Waals surface area contributed by atoms with Gasteiger partial charge in [0.1, 0.15) is 6.04 Å². The Morgan fingerprint density at radius 1 is 1.57 bits per heavy atom. The largest absolute Gasteiger partial charge is 0.480 e. The maximum absolute atomic E-state index is 10.5. The van der Waals surface area contributed by atoms with E-state index >= 15 is 0 Å². The summed E-state index contributed by atoms with van der Waals surface area (Å²) >= 11 is 5.88. The van der Waals surface area contributed by atoms with Crippen molar-refractivity contribution in [2.45, 2.75) is 18.9 Å². The number of carboxylic acid groups (broad SMARTS) is 1. The van der Waals surface area contributed by atoms with Crippen LogP contribution in [0.3, 0.4) is 0 Å². The highest BCUT2D eigenvalue weighted by Crippen LogP contribution is 2.37. The van der Waals surface area contributed by atoms with Gasteiger partial charge in [0.2, 0.25) is 0 Å². The minimum atomic E-state index is -0.964. The molecule has 0 bridgehead atoms. The minimum absolute atomic E-state index is 0.384. The fourth-order valence-electron chi connectivity index (χ4n) is 1.56. The second kappa shape index (κ2) is 3.26. The molecule has 3 N–H and O–H groups in total. The number of fused-ring (bicyclic) bond motifs is 1. The molecule has 0 fully saturated rings. The Bertz CT molecular complexity index is 403. The highest BCUT2D eigenvalue weighted by molar-refractivity contribution is 6.32. The molecule has 1 aliphatic carbocycles. The molecular weight excluding hydrogens is 202 g/mol. The van der Waals surface area contributed by atoms with Gasteiger partial charge in [0.25, 0.3) is 0 Å². The zero-order chi connectivity index (χ0) is 10.3. The highest BCUT2D eigenvalue weighted by atomic mass is 35.5. The second-order valence-corrected chi connectivity index (χ2v) is 3.90. The number of nitrogens with two attached hydrogens (primary N) is 1. The van der Waals surface area contributed by atoms with Gasteiger partial charge in [-0.1, -0.05) is 17.7 Å². The zero-order valence-electron chi connectivity index (χ0n) is 7.46. The van der Waals surface area contributed by atoms with Crippen molar-refractivity contribution in [1.29, 1.82) is 0 Å². The lowest BCUT2D eigenvalue weighted by Gasteiger charge is -2.05. The summed E-state index contributed by atoms with van der Waals surface area (Å²) in [4.78, 5) is 10.5. The molecule has 2 rings (SSSR count). The fourth-order valence-corrected chi connectivity index (χ4v) is 1.80. The van der Waals surface area contributed by atoms with Gasteiger partial charge in [-0.05, 0) is 35.6 Å². The van der Waals surface area contributed by atoms with E-state index in [-0.39, 0.29) is 0 Å². The smallest absolute Gasteiger partial charge is 0.320 e. The number of carbonyl (C=O) groups is 1. The lowest BCUT2D eigenvalue weighted by atomic mass is 10.1. The molecule has 1 aliphatic rings. The third-order valence-corrected chi connectivity index (χ3v) is 2.81. The summed E-state index contributed by atoms with van der Waals surface area (Å²) in [6, 6.07) is 2.84. The van der Waals surface area contributed by atoms with Crippen LogP contribution in [0.5, 0.6) is 0 Å². The first-order chi connectivity index (χ1) is 6.59. The summed E-state index contributed by atoms with van der Waals surface area (Å²) in [7, 11) is 0. The van der Waals surface area contributed by atoms with Crippen LogP contribution in [0.2, 0.25) is 5.02 Å². The molecule has 1 aromatic rings. The van der Waals surface area contributed by atoms with Gasteiger partial charge in [0.15, 0.2) is 0 Å². The number of carboxylic acids is 1. The molecule has 1 atom stereocenters.